The lowest BCUT2D eigenvalue weighted by atomic mass is 10.1. The number of aliphatic hydroxyl groups is 1. The van der Waals surface area contributed by atoms with E-state index in [4.69, 9.17) is 5.11 Å². The largest absolute Gasteiger partial charge is 0.384 e. The van der Waals surface area contributed by atoms with Gasteiger partial charge in [0.15, 0.2) is 0 Å². The van der Waals surface area contributed by atoms with Crippen molar-refractivity contribution < 1.29 is 9.90 Å². The summed E-state index contributed by atoms with van der Waals surface area (Å²) in [5.41, 5.74) is 2.63. The summed E-state index contributed by atoms with van der Waals surface area (Å²) < 4.78 is 0. The van der Waals surface area contributed by atoms with E-state index in [1.54, 1.807) is 11.8 Å². The van der Waals surface area contributed by atoms with E-state index in [2.05, 4.69) is 17.2 Å². The number of benzene rings is 1. The second-order valence-corrected chi connectivity index (χ2v) is 5.85. The number of hydrogen-bond acceptors (Lipinski definition) is 3. The molecule has 0 bridgehead atoms. The molecular weight excluding hydrogens is 258 g/mol. The Morgan fingerprint density at radius 1 is 1.53 bits per heavy atom. The maximum absolute atomic E-state index is 12.0. The molecule has 2 N–H and O–H groups in total. The molecule has 0 spiro atoms. The summed E-state index contributed by atoms with van der Waals surface area (Å²) in [6.45, 7) is 1.80. The normalized spacial score (nSPS) is 17.7. The summed E-state index contributed by atoms with van der Waals surface area (Å²) in [6.07, 6.45) is 2.07. The van der Waals surface area contributed by atoms with Crippen molar-refractivity contribution in [2.24, 2.45) is 0 Å². The van der Waals surface area contributed by atoms with Crippen LogP contribution in [-0.4, -0.2) is 28.6 Å². The van der Waals surface area contributed by atoms with Crippen LogP contribution in [0.2, 0.25) is 0 Å². The van der Waals surface area contributed by atoms with Crippen molar-refractivity contribution in [1.29, 1.82) is 0 Å². The second-order valence-electron chi connectivity index (χ2n) is 4.54. The number of thioether (sulfide) groups is 1. The van der Waals surface area contributed by atoms with Gasteiger partial charge in [-0.05, 0) is 49.3 Å². The SMILES string of the molecule is Cc1cc(C#CCO)cc(NC(=O)C2CCCS2)c1. The predicted octanol–water partition coefficient (Wildman–Crippen LogP) is 2.17. The number of rotatable bonds is 2. The van der Waals surface area contributed by atoms with Gasteiger partial charge in [-0.2, -0.15) is 0 Å². The van der Waals surface area contributed by atoms with Gasteiger partial charge in [0.2, 0.25) is 5.91 Å². The van der Waals surface area contributed by atoms with Crippen LogP contribution in [0, 0.1) is 18.8 Å². The van der Waals surface area contributed by atoms with E-state index in [0.717, 1.165) is 35.4 Å². The first-order chi connectivity index (χ1) is 9.19. The minimum atomic E-state index is -0.158. The maximum atomic E-state index is 12.0. The molecule has 1 heterocycles. The van der Waals surface area contributed by atoms with Crippen molar-refractivity contribution in [2.75, 3.05) is 17.7 Å². The Balaban J connectivity index is 2.10. The average Bonchev–Trinajstić information content (AvgIpc) is 2.89. The van der Waals surface area contributed by atoms with Gasteiger partial charge in [0.05, 0.1) is 5.25 Å². The van der Waals surface area contributed by atoms with E-state index >= 15 is 0 Å². The van der Waals surface area contributed by atoms with E-state index in [9.17, 15) is 4.79 Å². The van der Waals surface area contributed by atoms with Gasteiger partial charge in [-0.15, -0.1) is 11.8 Å². The zero-order valence-corrected chi connectivity index (χ0v) is 11.7. The lowest BCUT2D eigenvalue weighted by Crippen LogP contribution is -2.22. The molecule has 0 radical (unpaired) electrons. The minimum absolute atomic E-state index is 0.0764. The number of anilines is 1. The topological polar surface area (TPSA) is 49.3 Å². The molecule has 1 aromatic rings. The van der Waals surface area contributed by atoms with E-state index in [1.165, 1.54) is 0 Å². The first kappa shape index (κ1) is 14.0. The molecule has 0 saturated carbocycles. The molecule has 1 aliphatic rings. The zero-order chi connectivity index (χ0) is 13.7. The predicted molar refractivity (Wildman–Crippen MR) is 79.3 cm³/mol. The molecule has 0 aromatic heterocycles. The smallest absolute Gasteiger partial charge is 0.237 e. The second kappa shape index (κ2) is 6.65. The fourth-order valence-electron chi connectivity index (χ4n) is 2.08. The van der Waals surface area contributed by atoms with Crippen LogP contribution in [-0.2, 0) is 4.79 Å². The van der Waals surface area contributed by atoms with Crippen LogP contribution < -0.4 is 5.32 Å². The third-order valence-corrected chi connectivity index (χ3v) is 4.26. The molecule has 1 aromatic carbocycles. The molecule has 1 unspecified atom stereocenters. The van der Waals surface area contributed by atoms with Crippen molar-refractivity contribution in [2.45, 2.75) is 25.0 Å². The lowest BCUT2D eigenvalue weighted by molar-refractivity contribution is -0.115. The summed E-state index contributed by atoms with van der Waals surface area (Å²) in [5.74, 6) is 6.62. The highest BCUT2D eigenvalue weighted by Gasteiger charge is 2.23. The van der Waals surface area contributed by atoms with Gasteiger partial charge in [0, 0.05) is 11.3 Å². The molecule has 1 atom stereocenters. The fraction of sp³-hybridized carbons (Fsp3) is 0.400. The summed E-state index contributed by atoms with van der Waals surface area (Å²) in [5, 5.41) is 11.7. The van der Waals surface area contributed by atoms with Gasteiger partial charge < -0.3 is 10.4 Å². The Kier molecular flexibility index (Phi) is 4.89. The zero-order valence-electron chi connectivity index (χ0n) is 10.9. The Morgan fingerprint density at radius 2 is 2.37 bits per heavy atom. The van der Waals surface area contributed by atoms with E-state index < -0.39 is 0 Å². The van der Waals surface area contributed by atoms with Crippen LogP contribution >= 0.6 is 11.8 Å². The molecule has 4 heteroatoms. The number of hydrogen-bond donors (Lipinski definition) is 2. The van der Waals surface area contributed by atoms with Gasteiger partial charge in [0.25, 0.3) is 0 Å². The third-order valence-electron chi connectivity index (χ3n) is 2.88. The van der Waals surface area contributed by atoms with Gasteiger partial charge in [-0.1, -0.05) is 11.8 Å². The van der Waals surface area contributed by atoms with Crippen molar-refractivity contribution in [3.63, 3.8) is 0 Å². The van der Waals surface area contributed by atoms with E-state index in [0.29, 0.717) is 0 Å². The molecule has 1 fully saturated rings. The Labute approximate surface area is 117 Å². The highest BCUT2D eigenvalue weighted by molar-refractivity contribution is 8.00. The Morgan fingerprint density at radius 3 is 3.05 bits per heavy atom. The van der Waals surface area contributed by atoms with Crippen LogP contribution in [0.4, 0.5) is 5.69 Å². The van der Waals surface area contributed by atoms with Gasteiger partial charge in [-0.25, -0.2) is 0 Å². The number of carbonyl (C=O) groups is 1. The van der Waals surface area contributed by atoms with Crippen LogP contribution in [0.5, 0.6) is 0 Å². The van der Waals surface area contributed by atoms with Crippen LogP contribution in [0.1, 0.15) is 24.0 Å². The molecule has 1 amide bonds. The maximum Gasteiger partial charge on any atom is 0.237 e. The quantitative estimate of drug-likeness (QED) is 0.813. The van der Waals surface area contributed by atoms with E-state index in [1.807, 2.05) is 25.1 Å². The third kappa shape index (κ3) is 4.02. The molecule has 1 saturated heterocycles. The van der Waals surface area contributed by atoms with Crippen LogP contribution in [0.25, 0.3) is 0 Å². The number of amides is 1. The van der Waals surface area contributed by atoms with Crippen molar-refractivity contribution >= 4 is 23.4 Å². The Hall–Kier alpha value is -1.44. The molecule has 19 heavy (non-hydrogen) atoms. The van der Waals surface area contributed by atoms with E-state index in [-0.39, 0.29) is 17.8 Å². The molecule has 0 aliphatic carbocycles. The van der Waals surface area contributed by atoms with Crippen molar-refractivity contribution in [1.82, 2.24) is 0 Å². The summed E-state index contributed by atoms with van der Waals surface area (Å²) in [7, 11) is 0. The molecule has 3 nitrogen and oxygen atoms in total. The van der Waals surface area contributed by atoms with Gasteiger partial charge in [0.1, 0.15) is 6.61 Å². The highest BCUT2D eigenvalue weighted by Crippen LogP contribution is 2.27. The van der Waals surface area contributed by atoms with Gasteiger partial charge >= 0.3 is 0 Å². The van der Waals surface area contributed by atoms with Crippen LogP contribution in [0.3, 0.4) is 0 Å². The van der Waals surface area contributed by atoms with Crippen molar-refractivity contribution in [3.05, 3.63) is 29.3 Å². The number of aryl methyl sites for hydroxylation is 1. The first-order valence-corrected chi connectivity index (χ1v) is 7.38. The first-order valence-electron chi connectivity index (χ1n) is 6.33. The minimum Gasteiger partial charge on any atom is -0.384 e. The standard InChI is InChI=1S/C15H17NO2S/c1-11-8-12(4-2-6-17)10-13(9-11)16-15(18)14-5-3-7-19-14/h8-10,14,17H,3,5-7H2,1H3,(H,16,18). The molecule has 1 aliphatic heterocycles. The average molecular weight is 275 g/mol. The number of aliphatic hydroxyl groups excluding tert-OH is 1. The summed E-state index contributed by atoms with van der Waals surface area (Å²) in [6, 6.07) is 5.71. The monoisotopic (exact) mass is 275 g/mol. The highest BCUT2D eigenvalue weighted by atomic mass is 32.2. The Bertz CT molecular complexity index is 525. The number of nitrogens with one attached hydrogen (secondary N) is 1. The molecule has 100 valence electrons. The van der Waals surface area contributed by atoms with Crippen LogP contribution in [0.15, 0.2) is 18.2 Å². The lowest BCUT2D eigenvalue weighted by Gasteiger charge is -2.11. The summed E-state index contributed by atoms with van der Waals surface area (Å²) in [4.78, 5) is 12.0. The number of carbonyl (C=O) groups excluding carboxylic acids is 1. The van der Waals surface area contributed by atoms with Gasteiger partial charge in [-0.3, -0.25) is 4.79 Å². The molecular formula is C15H17NO2S. The molecule has 2 rings (SSSR count). The summed E-state index contributed by atoms with van der Waals surface area (Å²) >= 11 is 1.72. The van der Waals surface area contributed by atoms with Crippen molar-refractivity contribution in [3.8, 4) is 11.8 Å². The fourth-order valence-corrected chi connectivity index (χ4v) is 3.24.